The minimum atomic E-state index is -0.982. The Labute approximate surface area is 191 Å². The number of benzene rings is 2. The number of fused-ring (bicyclic) bond motifs is 3. The van der Waals surface area contributed by atoms with Crippen LogP contribution in [0.25, 0.3) is 11.1 Å². The summed E-state index contributed by atoms with van der Waals surface area (Å²) in [5.74, 6) is -1.31. The molecule has 2 amide bonds. The third kappa shape index (κ3) is 5.23. The van der Waals surface area contributed by atoms with Gasteiger partial charge < -0.3 is 24.8 Å². The highest BCUT2D eigenvalue weighted by molar-refractivity contribution is 5.88. The molecule has 1 atom stereocenters. The van der Waals surface area contributed by atoms with Crippen LogP contribution < -0.4 is 5.32 Å². The lowest BCUT2D eigenvalue weighted by Crippen LogP contribution is -2.49. The first-order valence-electron chi connectivity index (χ1n) is 10.9. The number of rotatable bonds is 7. The first-order valence-corrected chi connectivity index (χ1v) is 10.9. The molecule has 0 spiro atoms. The number of carbonyl (C=O) groups is 3. The van der Waals surface area contributed by atoms with Gasteiger partial charge in [-0.3, -0.25) is 9.59 Å². The van der Waals surface area contributed by atoms with Gasteiger partial charge in [-0.15, -0.1) is 0 Å². The van der Waals surface area contributed by atoms with Crippen LogP contribution in [0, 0.1) is 0 Å². The van der Waals surface area contributed by atoms with Crippen LogP contribution in [0.4, 0.5) is 4.79 Å². The van der Waals surface area contributed by atoms with E-state index in [1.54, 1.807) is 0 Å². The summed E-state index contributed by atoms with van der Waals surface area (Å²) < 4.78 is 10.7. The van der Waals surface area contributed by atoms with Gasteiger partial charge in [-0.05, 0) is 22.3 Å². The van der Waals surface area contributed by atoms with E-state index in [9.17, 15) is 14.4 Å². The molecule has 0 radical (unpaired) electrons. The van der Waals surface area contributed by atoms with Crippen molar-refractivity contribution in [3.63, 3.8) is 0 Å². The monoisotopic (exact) mass is 450 g/mol. The number of carboxylic acids is 1. The normalized spacial score (nSPS) is 17.5. The summed E-state index contributed by atoms with van der Waals surface area (Å²) in [5, 5.41) is 11.6. The van der Waals surface area contributed by atoms with E-state index in [0.29, 0.717) is 13.2 Å². The van der Waals surface area contributed by atoms with Crippen molar-refractivity contribution < 1.29 is 29.0 Å². The van der Waals surface area contributed by atoms with E-state index in [-0.39, 0.29) is 38.0 Å². The summed E-state index contributed by atoms with van der Waals surface area (Å²) in [5.41, 5.74) is 4.59. The molecule has 2 aliphatic rings. The molecule has 1 unspecified atom stereocenters. The second-order valence-corrected chi connectivity index (χ2v) is 7.97. The fourth-order valence-electron chi connectivity index (χ4n) is 4.36. The molecule has 2 aromatic carbocycles. The number of carbonyl (C=O) groups excluding carboxylic acids is 2. The largest absolute Gasteiger partial charge is 0.481 e. The molecule has 4 rings (SSSR count). The van der Waals surface area contributed by atoms with E-state index in [1.165, 1.54) is 17.1 Å². The summed E-state index contributed by atoms with van der Waals surface area (Å²) in [7, 11) is 0. The van der Waals surface area contributed by atoms with Gasteiger partial charge in [0.05, 0.1) is 25.7 Å². The number of nitrogens with one attached hydrogen (secondary N) is 1. The Kier molecular flexibility index (Phi) is 7.04. The van der Waals surface area contributed by atoms with Gasteiger partial charge in [0, 0.05) is 25.1 Å². The van der Waals surface area contributed by atoms with Crippen molar-refractivity contribution in [2.45, 2.75) is 18.4 Å². The van der Waals surface area contributed by atoms with Crippen molar-refractivity contribution >= 4 is 18.0 Å². The number of hydrogen-bond donors (Lipinski definition) is 2. The van der Waals surface area contributed by atoms with Gasteiger partial charge in [0.15, 0.2) is 0 Å². The highest BCUT2D eigenvalue weighted by atomic mass is 16.5. The molecule has 172 valence electrons. The topological polar surface area (TPSA) is 105 Å². The summed E-state index contributed by atoms with van der Waals surface area (Å²) in [4.78, 5) is 37.1. The molecule has 8 nitrogen and oxygen atoms in total. The first-order chi connectivity index (χ1) is 16.0. The summed E-state index contributed by atoms with van der Waals surface area (Å²) in [6.45, 7) is 1.24. The number of nitrogens with zero attached hydrogens (tertiary/aromatic N) is 1. The van der Waals surface area contributed by atoms with Crippen molar-refractivity contribution in [2.75, 3.05) is 32.9 Å². The molecule has 1 saturated heterocycles. The van der Waals surface area contributed by atoms with Crippen molar-refractivity contribution in [3.8, 4) is 11.1 Å². The molecule has 33 heavy (non-hydrogen) atoms. The predicted octanol–water partition coefficient (Wildman–Crippen LogP) is 2.78. The minimum Gasteiger partial charge on any atom is -0.481 e. The zero-order chi connectivity index (χ0) is 23.2. The van der Waals surface area contributed by atoms with Crippen molar-refractivity contribution in [1.29, 1.82) is 0 Å². The van der Waals surface area contributed by atoms with Crippen LogP contribution in [-0.4, -0.2) is 66.9 Å². The third-order valence-electron chi connectivity index (χ3n) is 5.89. The van der Waals surface area contributed by atoms with Crippen LogP contribution in [-0.2, 0) is 19.1 Å². The second kappa shape index (κ2) is 10.3. The molecule has 0 bridgehead atoms. The first kappa shape index (κ1) is 22.5. The molecule has 0 saturated carbocycles. The van der Waals surface area contributed by atoms with Gasteiger partial charge in [0.1, 0.15) is 6.61 Å². The molecule has 1 aliphatic heterocycles. The van der Waals surface area contributed by atoms with Crippen molar-refractivity contribution in [2.24, 2.45) is 0 Å². The van der Waals surface area contributed by atoms with Crippen LogP contribution >= 0.6 is 0 Å². The van der Waals surface area contributed by atoms with Crippen LogP contribution in [0.5, 0.6) is 0 Å². The Morgan fingerprint density at radius 1 is 1.09 bits per heavy atom. The van der Waals surface area contributed by atoms with E-state index in [0.717, 1.165) is 22.3 Å². The predicted molar refractivity (Wildman–Crippen MR) is 121 cm³/mol. The lowest BCUT2D eigenvalue weighted by molar-refractivity contribution is -0.143. The second-order valence-electron chi connectivity index (χ2n) is 7.97. The molecule has 8 heteroatoms. The maximum Gasteiger partial charge on any atom is 0.407 e. The number of carboxylic acid groups (broad SMARTS) is 1. The van der Waals surface area contributed by atoms with E-state index in [1.807, 2.05) is 24.3 Å². The number of aliphatic carboxylic acids is 1. The van der Waals surface area contributed by atoms with Gasteiger partial charge in [-0.1, -0.05) is 54.6 Å². The highest BCUT2D eigenvalue weighted by Gasteiger charge is 2.29. The lowest BCUT2D eigenvalue weighted by atomic mass is 9.98. The Morgan fingerprint density at radius 2 is 1.76 bits per heavy atom. The maximum absolute atomic E-state index is 12.4. The van der Waals surface area contributed by atoms with Gasteiger partial charge in [-0.25, -0.2) is 4.79 Å². The highest BCUT2D eigenvalue weighted by Crippen LogP contribution is 2.44. The molecular formula is C25H26N2O6. The molecule has 1 heterocycles. The zero-order valence-corrected chi connectivity index (χ0v) is 18.1. The molecule has 0 aromatic heterocycles. The quantitative estimate of drug-likeness (QED) is 0.629. The molecule has 2 N–H and O–H groups in total. The Balaban J connectivity index is 1.27. The average molecular weight is 450 g/mol. The fourth-order valence-corrected chi connectivity index (χ4v) is 4.36. The Bertz CT molecular complexity index is 1020. The van der Waals surface area contributed by atoms with Crippen LogP contribution in [0.15, 0.2) is 60.7 Å². The lowest BCUT2D eigenvalue weighted by Gasteiger charge is -2.34. The summed E-state index contributed by atoms with van der Waals surface area (Å²) in [6.07, 6.45) is 2.13. The van der Waals surface area contributed by atoms with Crippen LogP contribution in [0.3, 0.4) is 0 Å². The van der Waals surface area contributed by atoms with Crippen LogP contribution in [0.2, 0.25) is 0 Å². The van der Waals surface area contributed by atoms with Crippen LogP contribution in [0.1, 0.15) is 23.5 Å². The number of alkyl carbamates (subject to hydrolysis) is 1. The zero-order valence-electron chi connectivity index (χ0n) is 18.1. The number of amides is 2. The summed E-state index contributed by atoms with van der Waals surface area (Å²) in [6, 6.07) is 15.7. The Morgan fingerprint density at radius 3 is 2.42 bits per heavy atom. The smallest absolute Gasteiger partial charge is 0.407 e. The fraction of sp³-hybridized carbons (Fsp3) is 0.320. The molecule has 1 aliphatic carbocycles. The molecular weight excluding hydrogens is 424 g/mol. The average Bonchev–Trinajstić information content (AvgIpc) is 3.14. The standard InChI is InChI=1S/C25H26N2O6/c28-23(27-12-13-32-15-17(27)14-24(29)30)10-5-11-26-25(31)33-16-22-20-8-3-1-6-18(20)19-7-2-4-9-21(19)22/h1-10,17,22H,11-16H2,(H,26,31)(H,29,30)/b10-5+. The van der Waals surface area contributed by atoms with E-state index in [2.05, 4.69) is 29.6 Å². The number of ether oxygens (including phenoxy) is 2. The van der Waals surface area contributed by atoms with Gasteiger partial charge >= 0.3 is 12.1 Å². The van der Waals surface area contributed by atoms with Crippen molar-refractivity contribution in [3.05, 3.63) is 71.8 Å². The summed E-state index contributed by atoms with van der Waals surface area (Å²) >= 11 is 0. The van der Waals surface area contributed by atoms with Gasteiger partial charge in [-0.2, -0.15) is 0 Å². The van der Waals surface area contributed by atoms with E-state index >= 15 is 0 Å². The van der Waals surface area contributed by atoms with E-state index in [4.69, 9.17) is 14.6 Å². The van der Waals surface area contributed by atoms with Crippen molar-refractivity contribution in [1.82, 2.24) is 10.2 Å². The molecule has 2 aromatic rings. The number of hydrogen-bond acceptors (Lipinski definition) is 5. The number of morpholine rings is 1. The Hall–Kier alpha value is -3.65. The maximum atomic E-state index is 12.4. The van der Waals surface area contributed by atoms with Gasteiger partial charge in [0.2, 0.25) is 5.91 Å². The van der Waals surface area contributed by atoms with Gasteiger partial charge in [0.25, 0.3) is 0 Å². The molecule has 1 fully saturated rings. The SMILES string of the molecule is O=C(O)CC1COCCN1C(=O)/C=C/CNC(=O)OCC1c2ccccc2-c2ccccc21. The third-order valence-corrected chi connectivity index (χ3v) is 5.89. The van der Waals surface area contributed by atoms with E-state index < -0.39 is 18.1 Å². The minimum absolute atomic E-state index is 0.0206.